The van der Waals surface area contributed by atoms with Gasteiger partial charge < -0.3 is 5.11 Å². The van der Waals surface area contributed by atoms with Crippen LogP contribution in [-0.2, 0) is 0 Å². The Morgan fingerprint density at radius 2 is 2.04 bits per heavy atom. The lowest BCUT2D eigenvalue weighted by atomic mass is 9.51. The van der Waals surface area contributed by atoms with Gasteiger partial charge in [0.05, 0.1) is 0 Å². The van der Waals surface area contributed by atoms with Crippen LogP contribution in [0.1, 0.15) is 58.3 Å². The Bertz CT molecular complexity index is 617. The standard InChI is InChI=1S/C22H31BrF2O/c1-13(12-23)18-5-6-19-17-4-3-14-11-22(26,20(24)25)10-8-15(14)16(17)7-9-21(18,19)2/h3,15-20,26H,1,4-12H2,2H3/t15-,16+,17+,18+,19-,21+,22+/m0/s1. The molecule has 3 saturated carbocycles. The summed E-state index contributed by atoms with van der Waals surface area (Å²) in [7, 11) is 0. The Morgan fingerprint density at radius 1 is 1.27 bits per heavy atom. The number of hydrogen-bond donors (Lipinski definition) is 1. The monoisotopic (exact) mass is 428 g/mol. The first-order valence-corrected chi connectivity index (χ1v) is 11.4. The van der Waals surface area contributed by atoms with E-state index in [1.807, 2.05) is 0 Å². The molecule has 0 aromatic carbocycles. The zero-order valence-corrected chi connectivity index (χ0v) is 17.3. The van der Waals surface area contributed by atoms with Crippen LogP contribution in [0.4, 0.5) is 8.78 Å². The molecule has 4 aliphatic carbocycles. The number of alkyl halides is 3. The lowest BCUT2D eigenvalue weighted by Crippen LogP contribution is -2.49. The van der Waals surface area contributed by atoms with Gasteiger partial charge in [0.1, 0.15) is 5.60 Å². The van der Waals surface area contributed by atoms with Gasteiger partial charge in [0.15, 0.2) is 0 Å². The van der Waals surface area contributed by atoms with Gasteiger partial charge in [-0.05, 0) is 80.0 Å². The molecule has 0 aromatic rings. The van der Waals surface area contributed by atoms with Gasteiger partial charge in [0.2, 0.25) is 0 Å². The maximum atomic E-state index is 13.3. The highest BCUT2D eigenvalue weighted by Gasteiger charge is 2.57. The van der Waals surface area contributed by atoms with Gasteiger partial charge in [0, 0.05) is 11.8 Å². The molecule has 7 atom stereocenters. The third-order valence-corrected chi connectivity index (χ3v) is 9.33. The number of aliphatic hydroxyl groups is 1. The molecule has 4 rings (SSSR count). The second kappa shape index (κ2) is 6.69. The molecule has 4 heteroatoms. The molecular formula is C22H31BrF2O. The Balaban J connectivity index is 1.57. The fourth-order valence-corrected chi connectivity index (χ4v) is 7.66. The molecule has 3 fully saturated rings. The van der Waals surface area contributed by atoms with Crippen LogP contribution in [0, 0.1) is 35.0 Å². The predicted octanol–water partition coefficient (Wildman–Crippen LogP) is 6.12. The van der Waals surface area contributed by atoms with Gasteiger partial charge in [-0.15, -0.1) is 0 Å². The van der Waals surface area contributed by atoms with E-state index in [-0.39, 0.29) is 12.8 Å². The lowest BCUT2D eigenvalue weighted by molar-refractivity contribution is -0.119. The van der Waals surface area contributed by atoms with E-state index in [0.29, 0.717) is 29.1 Å². The number of allylic oxidation sites excluding steroid dienone is 2. The van der Waals surface area contributed by atoms with Crippen molar-refractivity contribution in [3.05, 3.63) is 23.8 Å². The zero-order valence-electron chi connectivity index (χ0n) is 15.7. The Hall–Kier alpha value is -0.220. The molecule has 0 saturated heterocycles. The lowest BCUT2D eigenvalue weighted by Gasteiger charge is -2.54. The molecular weight excluding hydrogens is 398 g/mol. The zero-order chi connectivity index (χ0) is 18.7. The molecule has 146 valence electrons. The van der Waals surface area contributed by atoms with Crippen molar-refractivity contribution in [3.8, 4) is 0 Å². The second-order valence-corrected chi connectivity index (χ2v) is 10.2. The van der Waals surface area contributed by atoms with Crippen molar-refractivity contribution in [1.82, 2.24) is 0 Å². The van der Waals surface area contributed by atoms with E-state index >= 15 is 0 Å². The maximum Gasteiger partial charge on any atom is 0.267 e. The van der Waals surface area contributed by atoms with Crippen molar-refractivity contribution in [3.63, 3.8) is 0 Å². The Kier molecular flexibility index (Phi) is 4.91. The average Bonchev–Trinajstić information content (AvgIpc) is 2.97. The van der Waals surface area contributed by atoms with Crippen LogP contribution in [0.25, 0.3) is 0 Å². The van der Waals surface area contributed by atoms with E-state index < -0.39 is 12.0 Å². The normalized spacial score (nSPS) is 47.8. The molecule has 0 bridgehead atoms. The topological polar surface area (TPSA) is 20.2 Å². The van der Waals surface area contributed by atoms with Gasteiger partial charge in [0.25, 0.3) is 6.43 Å². The van der Waals surface area contributed by atoms with Crippen LogP contribution in [0.2, 0.25) is 0 Å². The van der Waals surface area contributed by atoms with Gasteiger partial charge in [-0.2, -0.15) is 0 Å². The summed E-state index contributed by atoms with van der Waals surface area (Å²) in [5.41, 5.74) is 1.05. The smallest absolute Gasteiger partial charge is 0.267 e. The highest BCUT2D eigenvalue weighted by atomic mass is 79.9. The summed E-state index contributed by atoms with van der Waals surface area (Å²) in [4.78, 5) is 0. The van der Waals surface area contributed by atoms with E-state index in [9.17, 15) is 13.9 Å². The van der Waals surface area contributed by atoms with Gasteiger partial charge in [-0.1, -0.05) is 46.7 Å². The fourth-order valence-electron chi connectivity index (χ4n) is 7.27. The number of halogens is 3. The van der Waals surface area contributed by atoms with E-state index in [2.05, 4.69) is 35.5 Å². The largest absolute Gasteiger partial charge is 0.384 e. The first kappa shape index (κ1) is 19.1. The highest BCUT2D eigenvalue weighted by Crippen LogP contribution is 2.64. The number of hydrogen-bond acceptors (Lipinski definition) is 1. The van der Waals surface area contributed by atoms with Crippen molar-refractivity contribution in [2.45, 2.75) is 70.3 Å². The fraction of sp³-hybridized carbons (Fsp3) is 0.818. The molecule has 0 heterocycles. The summed E-state index contributed by atoms with van der Waals surface area (Å²) >= 11 is 3.61. The number of fused-ring (bicyclic) bond motifs is 5. The first-order chi connectivity index (χ1) is 12.3. The average molecular weight is 429 g/mol. The van der Waals surface area contributed by atoms with Crippen molar-refractivity contribution < 1.29 is 13.9 Å². The molecule has 26 heavy (non-hydrogen) atoms. The molecule has 4 aliphatic rings. The summed E-state index contributed by atoms with van der Waals surface area (Å²) in [5.74, 6) is 3.10. The Morgan fingerprint density at radius 3 is 2.73 bits per heavy atom. The van der Waals surface area contributed by atoms with Crippen molar-refractivity contribution in [2.24, 2.45) is 35.0 Å². The van der Waals surface area contributed by atoms with Gasteiger partial charge >= 0.3 is 0 Å². The molecule has 1 N–H and O–H groups in total. The third kappa shape index (κ3) is 2.77. The van der Waals surface area contributed by atoms with E-state index in [1.54, 1.807) is 0 Å². The summed E-state index contributed by atoms with van der Waals surface area (Å²) < 4.78 is 26.6. The van der Waals surface area contributed by atoms with Crippen molar-refractivity contribution >= 4 is 15.9 Å². The predicted molar refractivity (Wildman–Crippen MR) is 104 cm³/mol. The SMILES string of the molecule is C=C(CBr)[C@H]1CC[C@H]2[C@@H]3CC=C4C[C@@](O)(C(F)F)CC[C@@H]4[C@H]3CC[C@]12C. The molecule has 0 aliphatic heterocycles. The van der Waals surface area contributed by atoms with Crippen LogP contribution in [-0.4, -0.2) is 22.5 Å². The summed E-state index contributed by atoms with van der Waals surface area (Å²) in [5, 5.41) is 11.2. The summed E-state index contributed by atoms with van der Waals surface area (Å²) in [6.45, 7) is 6.82. The first-order valence-electron chi connectivity index (χ1n) is 10.2. The van der Waals surface area contributed by atoms with Crippen LogP contribution in [0.3, 0.4) is 0 Å². The maximum absolute atomic E-state index is 13.3. The van der Waals surface area contributed by atoms with Gasteiger partial charge in [-0.3, -0.25) is 0 Å². The molecule has 0 amide bonds. The highest BCUT2D eigenvalue weighted by molar-refractivity contribution is 9.09. The van der Waals surface area contributed by atoms with Crippen molar-refractivity contribution in [1.29, 1.82) is 0 Å². The van der Waals surface area contributed by atoms with E-state index in [1.165, 1.54) is 31.3 Å². The third-order valence-electron chi connectivity index (χ3n) is 8.61. The van der Waals surface area contributed by atoms with E-state index in [4.69, 9.17) is 0 Å². The van der Waals surface area contributed by atoms with Gasteiger partial charge in [-0.25, -0.2) is 8.78 Å². The molecule has 0 unspecified atom stereocenters. The molecule has 0 radical (unpaired) electrons. The number of rotatable bonds is 3. The minimum Gasteiger partial charge on any atom is -0.384 e. The quantitative estimate of drug-likeness (QED) is 0.423. The van der Waals surface area contributed by atoms with Crippen LogP contribution in [0.5, 0.6) is 0 Å². The van der Waals surface area contributed by atoms with Crippen molar-refractivity contribution in [2.75, 3.05) is 5.33 Å². The summed E-state index contributed by atoms with van der Waals surface area (Å²) in [6, 6.07) is 0. The Labute approximate surface area is 164 Å². The summed E-state index contributed by atoms with van der Waals surface area (Å²) in [6.07, 6.45) is 6.76. The molecule has 1 nitrogen and oxygen atoms in total. The van der Waals surface area contributed by atoms with Crippen LogP contribution < -0.4 is 0 Å². The van der Waals surface area contributed by atoms with Crippen LogP contribution in [0.15, 0.2) is 23.8 Å². The minimum atomic E-state index is -2.64. The molecule has 0 spiro atoms. The second-order valence-electron chi connectivity index (χ2n) is 9.64. The molecule has 0 aromatic heterocycles. The minimum absolute atomic E-state index is 0.184. The van der Waals surface area contributed by atoms with Crippen LogP contribution >= 0.6 is 15.9 Å². The van der Waals surface area contributed by atoms with E-state index in [0.717, 1.165) is 29.7 Å².